The third-order valence-electron chi connectivity index (χ3n) is 9.51. The third kappa shape index (κ3) is 0.983. The summed E-state index contributed by atoms with van der Waals surface area (Å²) in [7, 11) is 0. The van der Waals surface area contributed by atoms with Crippen LogP contribution in [0.5, 0.6) is 0 Å². The number of hydrogen-bond donors (Lipinski definition) is 0. The van der Waals surface area contributed by atoms with Gasteiger partial charge in [0.1, 0.15) is 17.2 Å². The lowest BCUT2D eigenvalue weighted by atomic mass is 9.49. The summed E-state index contributed by atoms with van der Waals surface area (Å²) in [6.45, 7) is 4.19. The monoisotopic (exact) mass is 370 g/mol. The van der Waals surface area contributed by atoms with E-state index in [1.807, 2.05) is 24.3 Å². The standard InChI is InChI=1S/C25H22O3/c1-21-18-17(26)13-14-23-19(18)22(2,20(21)27)25(28-23,16-11-7-4-8-12-16)24(21,23)15-9-5-3-6-10-15/h3-12,18-19H,13-14H2,1-2H3. The maximum Gasteiger partial charge on any atom is 0.150 e. The first-order valence-corrected chi connectivity index (χ1v) is 10.3. The van der Waals surface area contributed by atoms with Gasteiger partial charge in [-0.25, -0.2) is 0 Å². The van der Waals surface area contributed by atoms with Crippen LogP contribution in [0.25, 0.3) is 0 Å². The van der Waals surface area contributed by atoms with E-state index in [1.165, 1.54) is 5.56 Å². The largest absolute Gasteiger partial charge is 0.360 e. The number of carbonyl (C=O) groups is 2. The minimum absolute atomic E-state index is 0.0147. The van der Waals surface area contributed by atoms with E-state index in [2.05, 4.69) is 50.2 Å². The number of benzene rings is 2. The van der Waals surface area contributed by atoms with Crippen LogP contribution in [0.3, 0.4) is 0 Å². The van der Waals surface area contributed by atoms with Crippen molar-refractivity contribution in [1.82, 2.24) is 0 Å². The maximum atomic E-state index is 14.1. The molecule has 5 saturated carbocycles. The van der Waals surface area contributed by atoms with Crippen molar-refractivity contribution in [2.24, 2.45) is 22.7 Å². The van der Waals surface area contributed by atoms with Crippen molar-refractivity contribution in [3.8, 4) is 0 Å². The fourth-order valence-electron chi connectivity index (χ4n) is 9.33. The first-order valence-electron chi connectivity index (χ1n) is 10.3. The molecule has 7 bridgehead atoms. The molecule has 3 nitrogen and oxygen atoms in total. The minimum atomic E-state index is -0.699. The normalized spacial score (nSPS) is 51.6. The Labute approximate surface area is 164 Å². The molecule has 6 aliphatic rings. The van der Waals surface area contributed by atoms with Crippen molar-refractivity contribution < 1.29 is 14.3 Å². The Hall–Kier alpha value is -2.26. The van der Waals surface area contributed by atoms with Gasteiger partial charge in [0.15, 0.2) is 0 Å². The molecule has 6 fully saturated rings. The van der Waals surface area contributed by atoms with Gasteiger partial charge in [-0.05, 0) is 24.5 Å². The molecule has 3 heteroatoms. The first-order chi connectivity index (χ1) is 13.4. The van der Waals surface area contributed by atoms with Crippen LogP contribution in [0.2, 0.25) is 0 Å². The van der Waals surface area contributed by atoms with Crippen molar-refractivity contribution in [1.29, 1.82) is 0 Å². The van der Waals surface area contributed by atoms with Crippen LogP contribution in [0.4, 0.5) is 0 Å². The second-order valence-electron chi connectivity index (χ2n) is 9.81. The lowest BCUT2D eigenvalue weighted by Gasteiger charge is -2.65. The molecule has 7 unspecified atom stereocenters. The summed E-state index contributed by atoms with van der Waals surface area (Å²) in [6.07, 6.45) is 1.26. The van der Waals surface area contributed by atoms with Crippen LogP contribution in [0.1, 0.15) is 37.8 Å². The Morgan fingerprint density at radius 1 is 0.857 bits per heavy atom. The van der Waals surface area contributed by atoms with Gasteiger partial charge in [0.25, 0.3) is 0 Å². The summed E-state index contributed by atoms with van der Waals surface area (Å²) in [6, 6.07) is 20.8. The molecule has 7 atom stereocenters. The first kappa shape index (κ1) is 15.6. The summed E-state index contributed by atoms with van der Waals surface area (Å²) in [5.74, 6) is 0.286. The summed E-state index contributed by atoms with van der Waals surface area (Å²) in [5.41, 5.74) is -0.646. The van der Waals surface area contributed by atoms with Crippen molar-refractivity contribution in [2.45, 2.75) is 43.3 Å². The van der Waals surface area contributed by atoms with Gasteiger partial charge in [-0.1, -0.05) is 67.6 Å². The molecule has 8 rings (SSSR count). The van der Waals surface area contributed by atoms with E-state index in [1.54, 1.807) is 0 Å². The van der Waals surface area contributed by atoms with Crippen molar-refractivity contribution in [2.75, 3.05) is 0 Å². The van der Waals surface area contributed by atoms with Gasteiger partial charge in [0, 0.05) is 18.3 Å². The number of Topliss-reactive ketones (excluding diaryl/α,β-unsaturated/α-hetero) is 2. The van der Waals surface area contributed by atoms with Crippen molar-refractivity contribution in [3.05, 3.63) is 71.8 Å². The van der Waals surface area contributed by atoms with E-state index in [4.69, 9.17) is 4.74 Å². The summed E-state index contributed by atoms with van der Waals surface area (Å²) in [4.78, 5) is 27.2. The second-order valence-corrected chi connectivity index (χ2v) is 9.81. The highest BCUT2D eigenvalue weighted by Gasteiger charge is 3.09. The molecular weight excluding hydrogens is 348 g/mol. The fourth-order valence-corrected chi connectivity index (χ4v) is 9.33. The highest BCUT2D eigenvalue weighted by molar-refractivity contribution is 6.10. The minimum Gasteiger partial charge on any atom is -0.360 e. The number of ether oxygens (including phenoxy) is 1. The molecule has 1 heterocycles. The Balaban J connectivity index is 1.68. The fraction of sp³-hybridized carbons (Fsp3) is 0.440. The molecule has 1 aliphatic heterocycles. The van der Waals surface area contributed by atoms with Gasteiger partial charge >= 0.3 is 0 Å². The van der Waals surface area contributed by atoms with Crippen LogP contribution in [0, 0.1) is 22.7 Å². The molecule has 2 aromatic rings. The van der Waals surface area contributed by atoms with Gasteiger partial charge in [0.05, 0.1) is 21.8 Å². The highest BCUT2D eigenvalue weighted by atomic mass is 16.6. The Bertz CT molecular complexity index is 1090. The third-order valence-corrected chi connectivity index (χ3v) is 9.51. The average molecular weight is 370 g/mol. The quantitative estimate of drug-likeness (QED) is 0.807. The van der Waals surface area contributed by atoms with Crippen molar-refractivity contribution in [3.63, 3.8) is 0 Å². The second kappa shape index (κ2) is 4.04. The SMILES string of the molecule is CC12C(=O)C3(C)C4C(=O)CCC5(OC1(c1ccccc1)C53c1ccccc1)C42. The lowest BCUT2D eigenvalue weighted by molar-refractivity contribution is -0.319. The summed E-state index contributed by atoms with van der Waals surface area (Å²) in [5, 5.41) is 0. The molecule has 2 aromatic carbocycles. The van der Waals surface area contributed by atoms with Crippen LogP contribution in [-0.2, 0) is 25.3 Å². The molecule has 0 N–H and O–H groups in total. The van der Waals surface area contributed by atoms with Crippen LogP contribution in [0.15, 0.2) is 60.7 Å². The number of hydrogen-bond acceptors (Lipinski definition) is 3. The van der Waals surface area contributed by atoms with E-state index >= 15 is 0 Å². The van der Waals surface area contributed by atoms with E-state index < -0.39 is 27.4 Å². The number of ketones is 2. The summed E-state index contributed by atoms with van der Waals surface area (Å²) >= 11 is 0. The van der Waals surface area contributed by atoms with E-state index in [9.17, 15) is 9.59 Å². The van der Waals surface area contributed by atoms with Crippen LogP contribution in [-0.4, -0.2) is 17.2 Å². The van der Waals surface area contributed by atoms with Crippen LogP contribution >= 0.6 is 0 Å². The van der Waals surface area contributed by atoms with Gasteiger partial charge in [-0.2, -0.15) is 0 Å². The van der Waals surface area contributed by atoms with Crippen molar-refractivity contribution >= 4 is 11.6 Å². The van der Waals surface area contributed by atoms with Gasteiger partial charge < -0.3 is 4.74 Å². The molecule has 5 aliphatic carbocycles. The Kier molecular flexibility index (Phi) is 2.26. The van der Waals surface area contributed by atoms with Gasteiger partial charge in [-0.3, -0.25) is 9.59 Å². The number of rotatable bonds is 2. The predicted octanol–water partition coefficient (Wildman–Crippen LogP) is 3.81. The molecule has 0 amide bonds. The van der Waals surface area contributed by atoms with Gasteiger partial charge in [0.2, 0.25) is 0 Å². The maximum absolute atomic E-state index is 14.1. The zero-order chi connectivity index (χ0) is 19.2. The highest BCUT2D eigenvalue weighted by Crippen LogP contribution is 2.99. The molecule has 1 spiro atoms. The lowest BCUT2D eigenvalue weighted by Crippen LogP contribution is -2.73. The molecule has 28 heavy (non-hydrogen) atoms. The van der Waals surface area contributed by atoms with E-state index in [-0.39, 0.29) is 23.4 Å². The summed E-state index contributed by atoms with van der Waals surface area (Å²) < 4.78 is 6.99. The molecular formula is C25H22O3. The molecule has 140 valence electrons. The van der Waals surface area contributed by atoms with Crippen LogP contribution < -0.4 is 0 Å². The molecule has 0 radical (unpaired) electrons. The Morgan fingerprint density at radius 2 is 1.46 bits per heavy atom. The molecule has 0 aromatic heterocycles. The Morgan fingerprint density at radius 3 is 2.11 bits per heavy atom. The average Bonchev–Trinajstić information content (AvgIpc) is 3.21. The predicted molar refractivity (Wildman–Crippen MR) is 102 cm³/mol. The topological polar surface area (TPSA) is 43.4 Å². The van der Waals surface area contributed by atoms with Gasteiger partial charge in [-0.15, -0.1) is 0 Å². The zero-order valence-corrected chi connectivity index (χ0v) is 16.1. The smallest absolute Gasteiger partial charge is 0.150 e. The van der Waals surface area contributed by atoms with E-state index in [0.29, 0.717) is 6.42 Å². The molecule has 1 saturated heterocycles. The number of carbonyl (C=O) groups excluding carboxylic acids is 2. The van der Waals surface area contributed by atoms with E-state index in [0.717, 1.165) is 12.0 Å². The zero-order valence-electron chi connectivity index (χ0n) is 16.1.